The number of hydrogen-bond acceptors (Lipinski definition) is 2. The van der Waals surface area contributed by atoms with Crippen molar-refractivity contribution in [3.8, 4) is 0 Å². The number of carbonyl (C=O) groups is 2. The van der Waals surface area contributed by atoms with Gasteiger partial charge in [-0.05, 0) is 31.0 Å². The molecule has 1 saturated carbocycles. The molecule has 0 aromatic heterocycles. The quantitative estimate of drug-likeness (QED) is 0.799. The smallest absolute Gasteiger partial charge is 0.339 e. The normalized spacial score (nSPS) is 21.8. The highest BCUT2D eigenvalue weighted by atomic mass is 79.9. The van der Waals surface area contributed by atoms with Gasteiger partial charge in [-0.15, -0.1) is 0 Å². The molecule has 4 nitrogen and oxygen atoms in total. The van der Waals surface area contributed by atoms with Crippen molar-refractivity contribution in [2.75, 3.05) is 11.9 Å². The summed E-state index contributed by atoms with van der Waals surface area (Å²) in [6.07, 6.45) is -0.300. The molecule has 0 radical (unpaired) electrons. The number of hydrogen-bond donors (Lipinski definition) is 1. The van der Waals surface area contributed by atoms with E-state index in [0.717, 1.165) is 31.7 Å². The Morgan fingerprint density at radius 2 is 1.92 bits per heavy atom. The molecule has 1 saturated heterocycles. The van der Waals surface area contributed by atoms with Crippen molar-refractivity contribution >= 4 is 33.4 Å². The molecule has 3 rings (SSSR count). The second-order valence-electron chi connectivity index (χ2n) is 6.57. The molecule has 1 aliphatic carbocycles. The molecule has 25 heavy (non-hydrogen) atoms. The van der Waals surface area contributed by atoms with Gasteiger partial charge in [-0.25, -0.2) is 0 Å². The Morgan fingerprint density at radius 3 is 2.56 bits per heavy atom. The van der Waals surface area contributed by atoms with Crippen LogP contribution in [0.15, 0.2) is 22.7 Å². The van der Waals surface area contributed by atoms with E-state index in [1.54, 1.807) is 4.90 Å². The zero-order chi connectivity index (χ0) is 18.2. The average molecular weight is 419 g/mol. The van der Waals surface area contributed by atoms with Gasteiger partial charge in [-0.3, -0.25) is 9.59 Å². The number of nitrogens with zero attached hydrogens (tertiary/aromatic N) is 1. The lowest BCUT2D eigenvalue weighted by Gasteiger charge is -2.23. The summed E-state index contributed by atoms with van der Waals surface area (Å²) in [6.45, 7) is 0.345. The van der Waals surface area contributed by atoms with Crippen molar-refractivity contribution in [1.82, 2.24) is 4.90 Å². The number of anilines is 1. The topological polar surface area (TPSA) is 49.4 Å². The van der Waals surface area contributed by atoms with Crippen LogP contribution in [-0.2, 0) is 15.8 Å². The van der Waals surface area contributed by atoms with Crippen molar-refractivity contribution in [2.45, 2.75) is 44.3 Å². The molecular formula is C17H18BrF3N2O2. The molecule has 1 aliphatic heterocycles. The average Bonchev–Trinajstić information content (AvgIpc) is 3.17. The SMILES string of the molecule is O=C(Nc1ccc(Br)c(C(F)(F)F)c1)[C@@H]1CC(=O)N(C2CCCC2)C1. The Morgan fingerprint density at radius 1 is 1.24 bits per heavy atom. The fraction of sp³-hybridized carbons (Fsp3) is 0.529. The second kappa shape index (κ2) is 6.97. The lowest BCUT2D eigenvalue weighted by molar-refractivity contribution is -0.138. The van der Waals surface area contributed by atoms with E-state index in [9.17, 15) is 22.8 Å². The minimum atomic E-state index is -4.51. The van der Waals surface area contributed by atoms with Crippen LogP contribution in [0.25, 0.3) is 0 Å². The Bertz CT molecular complexity index is 687. The number of carbonyl (C=O) groups excluding carboxylic acids is 2. The fourth-order valence-electron chi connectivity index (χ4n) is 3.54. The van der Waals surface area contributed by atoms with Crippen LogP contribution in [0, 0.1) is 5.92 Å². The van der Waals surface area contributed by atoms with Gasteiger partial charge in [0.2, 0.25) is 11.8 Å². The van der Waals surface area contributed by atoms with E-state index >= 15 is 0 Å². The molecule has 2 amide bonds. The first-order valence-corrected chi connectivity index (χ1v) is 9.02. The molecule has 1 heterocycles. The molecule has 8 heteroatoms. The summed E-state index contributed by atoms with van der Waals surface area (Å²) >= 11 is 2.87. The molecular weight excluding hydrogens is 401 g/mol. The first-order valence-electron chi connectivity index (χ1n) is 8.23. The van der Waals surface area contributed by atoms with Gasteiger partial charge in [0, 0.05) is 29.2 Å². The molecule has 0 spiro atoms. The van der Waals surface area contributed by atoms with Crippen LogP contribution < -0.4 is 5.32 Å². The highest BCUT2D eigenvalue weighted by Gasteiger charge is 2.39. The van der Waals surface area contributed by atoms with Gasteiger partial charge >= 0.3 is 6.18 Å². The summed E-state index contributed by atoms with van der Waals surface area (Å²) in [5, 5.41) is 2.52. The van der Waals surface area contributed by atoms with Crippen LogP contribution in [0.4, 0.5) is 18.9 Å². The van der Waals surface area contributed by atoms with Gasteiger partial charge in [-0.2, -0.15) is 13.2 Å². The maximum Gasteiger partial charge on any atom is 0.417 e. The summed E-state index contributed by atoms with van der Waals surface area (Å²) in [5.74, 6) is -0.978. The molecule has 1 atom stereocenters. The molecule has 0 bridgehead atoms. The van der Waals surface area contributed by atoms with Gasteiger partial charge in [0.05, 0.1) is 11.5 Å². The lowest BCUT2D eigenvalue weighted by atomic mass is 10.1. The predicted molar refractivity (Wildman–Crippen MR) is 89.8 cm³/mol. The van der Waals surface area contributed by atoms with Gasteiger partial charge in [0.25, 0.3) is 0 Å². The van der Waals surface area contributed by atoms with Gasteiger partial charge < -0.3 is 10.2 Å². The molecule has 1 aromatic rings. The van der Waals surface area contributed by atoms with Gasteiger partial charge in [0.15, 0.2) is 0 Å². The van der Waals surface area contributed by atoms with Crippen molar-refractivity contribution in [1.29, 1.82) is 0 Å². The van der Waals surface area contributed by atoms with E-state index in [0.29, 0.717) is 6.54 Å². The van der Waals surface area contributed by atoms with E-state index in [4.69, 9.17) is 0 Å². The summed E-state index contributed by atoms with van der Waals surface area (Å²) in [6, 6.07) is 3.76. The van der Waals surface area contributed by atoms with Crippen LogP contribution >= 0.6 is 15.9 Å². The third kappa shape index (κ3) is 3.99. The Kier molecular flexibility index (Phi) is 5.09. The Balaban J connectivity index is 1.68. The monoisotopic (exact) mass is 418 g/mol. The van der Waals surface area contributed by atoms with Crippen molar-refractivity contribution < 1.29 is 22.8 Å². The summed E-state index contributed by atoms with van der Waals surface area (Å²) < 4.78 is 38.8. The van der Waals surface area contributed by atoms with Crippen molar-refractivity contribution in [2.24, 2.45) is 5.92 Å². The fourth-order valence-corrected chi connectivity index (χ4v) is 4.01. The highest BCUT2D eigenvalue weighted by Crippen LogP contribution is 2.36. The Labute approximate surface area is 151 Å². The van der Waals surface area contributed by atoms with E-state index in [1.165, 1.54) is 12.1 Å². The second-order valence-corrected chi connectivity index (χ2v) is 7.42. The number of rotatable bonds is 3. The molecule has 2 aliphatic rings. The largest absolute Gasteiger partial charge is 0.417 e. The van der Waals surface area contributed by atoms with Crippen LogP contribution in [0.2, 0.25) is 0 Å². The molecule has 1 aromatic carbocycles. The van der Waals surface area contributed by atoms with E-state index < -0.39 is 23.6 Å². The Hall–Kier alpha value is -1.57. The first-order chi connectivity index (χ1) is 11.8. The summed E-state index contributed by atoms with van der Waals surface area (Å²) in [5.41, 5.74) is -0.771. The number of likely N-dealkylation sites (tertiary alicyclic amines) is 1. The number of nitrogens with one attached hydrogen (secondary N) is 1. The van der Waals surface area contributed by atoms with Gasteiger partial charge in [0.1, 0.15) is 0 Å². The van der Waals surface area contributed by atoms with Crippen molar-refractivity contribution in [3.05, 3.63) is 28.2 Å². The lowest BCUT2D eigenvalue weighted by Crippen LogP contribution is -2.35. The van der Waals surface area contributed by atoms with Crippen molar-refractivity contribution in [3.63, 3.8) is 0 Å². The summed E-state index contributed by atoms with van der Waals surface area (Å²) in [4.78, 5) is 26.3. The predicted octanol–water partition coefficient (Wildman–Crippen LogP) is 4.20. The standard InChI is InChI=1S/C17H18BrF3N2O2/c18-14-6-5-11(8-13(14)17(19,20)21)22-16(25)10-7-15(24)23(9-10)12-3-1-2-4-12/h5-6,8,10,12H,1-4,7,9H2,(H,22,25)/t10-/m1/s1. The van der Waals surface area contributed by atoms with E-state index in [-0.39, 0.29) is 28.5 Å². The van der Waals surface area contributed by atoms with Crippen LogP contribution in [0.5, 0.6) is 0 Å². The molecule has 0 unspecified atom stereocenters. The zero-order valence-corrected chi connectivity index (χ0v) is 15.0. The molecule has 1 N–H and O–H groups in total. The third-order valence-corrected chi connectivity index (χ3v) is 5.53. The van der Waals surface area contributed by atoms with Crippen LogP contribution in [0.3, 0.4) is 0 Å². The molecule has 2 fully saturated rings. The number of halogens is 4. The molecule has 136 valence electrons. The number of amides is 2. The zero-order valence-electron chi connectivity index (χ0n) is 13.4. The summed E-state index contributed by atoms with van der Waals surface area (Å²) in [7, 11) is 0. The minimum absolute atomic E-state index is 0.0427. The number of benzene rings is 1. The van der Waals surface area contributed by atoms with E-state index in [1.807, 2.05) is 0 Å². The van der Waals surface area contributed by atoms with E-state index in [2.05, 4.69) is 21.2 Å². The minimum Gasteiger partial charge on any atom is -0.339 e. The number of alkyl halides is 3. The van der Waals surface area contributed by atoms with Crippen LogP contribution in [-0.4, -0.2) is 29.3 Å². The maximum absolute atomic E-state index is 12.9. The maximum atomic E-state index is 12.9. The van der Waals surface area contributed by atoms with Crippen LogP contribution in [0.1, 0.15) is 37.7 Å². The third-order valence-electron chi connectivity index (χ3n) is 4.83. The first kappa shape index (κ1) is 18.2. The highest BCUT2D eigenvalue weighted by molar-refractivity contribution is 9.10. The van der Waals surface area contributed by atoms with Gasteiger partial charge in [-0.1, -0.05) is 28.8 Å².